The third-order valence-corrected chi connectivity index (χ3v) is 3.29. The minimum atomic E-state index is -2.71. The molecule has 54 valence electrons. The molecule has 1 saturated heterocycles. The van der Waals surface area contributed by atoms with E-state index in [2.05, 4.69) is 11.3 Å². The Bertz CT molecular complexity index is 187. The Labute approximate surface area is 54.3 Å². The minimum Gasteiger partial charge on any atom is -0.280 e. The highest BCUT2D eigenvalue weighted by molar-refractivity contribution is 7.91. The normalized spacial score (nSPS) is 32.8. The molecular formula is C4H11N2O2S+. The molecule has 1 unspecified atom stereocenters. The van der Waals surface area contributed by atoms with E-state index in [-0.39, 0.29) is 11.8 Å². The van der Waals surface area contributed by atoms with Crippen LogP contribution < -0.4 is 11.3 Å². The largest absolute Gasteiger partial charge is 0.280 e. The Hall–Kier alpha value is -0.130. The highest BCUT2D eigenvalue weighted by Gasteiger charge is 2.27. The van der Waals surface area contributed by atoms with Gasteiger partial charge in [-0.25, -0.2) is 8.42 Å². The maximum atomic E-state index is 10.7. The van der Waals surface area contributed by atoms with Gasteiger partial charge in [0.05, 0.1) is 17.5 Å². The summed E-state index contributed by atoms with van der Waals surface area (Å²) in [5.74, 6) is 4.00. The lowest BCUT2D eigenvalue weighted by Gasteiger charge is -1.98. The first-order valence-electron chi connectivity index (χ1n) is 2.87. The van der Waals surface area contributed by atoms with Crippen molar-refractivity contribution in [2.75, 3.05) is 11.5 Å². The van der Waals surface area contributed by atoms with E-state index < -0.39 is 9.84 Å². The summed E-state index contributed by atoms with van der Waals surface area (Å²) in [5, 5.41) is 0. The molecule has 9 heavy (non-hydrogen) atoms. The van der Waals surface area contributed by atoms with Crippen LogP contribution in [0.2, 0.25) is 0 Å². The van der Waals surface area contributed by atoms with Crippen LogP contribution in [0.4, 0.5) is 0 Å². The zero-order chi connectivity index (χ0) is 6.91. The van der Waals surface area contributed by atoms with Gasteiger partial charge in [-0.3, -0.25) is 5.84 Å². The van der Waals surface area contributed by atoms with Crippen molar-refractivity contribution >= 4 is 9.84 Å². The molecule has 4 N–H and O–H groups in total. The lowest BCUT2D eigenvalue weighted by molar-refractivity contribution is -0.450. The van der Waals surface area contributed by atoms with E-state index in [0.717, 1.165) is 0 Å². The third kappa shape index (κ3) is 1.64. The van der Waals surface area contributed by atoms with Crippen molar-refractivity contribution in [1.82, 2.24) is 5.43 Å². The van der Waals surface area contributed by atoms with Gasteiger partial charge < -0.3 is 0 Å². The van der Waals surface area contributed by atoms with Gasteiger partial charge in [-0.15, -0.1) is 0 Å². The summed E-state index contributed by atoms with van der Waals surface area (Å²) in [5.41, 5.74) is 2.69. The van der Waals surface area contributed by atoms with Gasteiger partial charge in [-0.2, -0.15) is 5.43 Å². The van der Waals surface area contributed by atoms with Crippen LogP contribution in [0, 0.1) is 0 Å². The molecule has 0 bridgehead atoms. The van der Waals surface area contributed by atoms with Gasteiger partial charge in [0.15, 0.2) is 9.84 Å². The Morgan fingerprint density at radius 3 is 2.44 bits per heavy atom. The molecule has 0 aromatic rings. The molecular weight excluding hydrogens is 140 g/mol. The fourth-order valence-electron chi connectivity index (χ4n) is 0.956. The van der Waals surface area contributed by atoms with Crippen molar-refractivity contribution in [2.45, 2.75) is 12.5 Å². The highest BCUT2D eigenvalue weighted by atomic mass is 32.2. The van der Waals surface area contributed by atoms with E-state index in [9.17, 15) is 8.42 Å². The van der Waals surface area contributed by atoms with E-state index in [1.165, 1.54) is 0 Å². The molecule has 4 nitrogen and oxygen atoms in total. The number of nitrogens with one attached hydrogen (secondary N) is 1. The van der Waals surface area contributed by atoms with Crippen molar-refractivity contribution < 1.29 is 14.3 Å². The molecule has 1 aliphatic rings. The van der Waals surface area contributed by atoms with E-state index >= 15 is 0 Å². The van der Waals surface area contributed by atoms with Gasteiger partial charge in [0.25, 0.3) is 0 Å². The minimum absolute atomic E-state index is 0.0926. The van der Waals surface area contributed by atoms with E-state index in [1.54, 1.807) is 0 Å². The molecule has 1 aliphatic heterocycles. The molecule has 0 spiro atoms. The monoisotopic (exact) mass is 151 g/mol. The van der Waals surface area contributed by atoms with Crippen molar-refractivity contribution in [3.05, 3.63) is 0 Å². The van der Waals surface area contributed by atoms with Crippen LogP contribution in [-0.2, 0) is 9.84 Å². The van der Waals surface area contributed by atoms with Gasteiger partial charge in [0.1, 0.15) is 0 Å². The number of sulfone groups is 1. The average molecular weight is 151 g/mol. The second kappa shape index (κ2) is 2.24. The van der Waals surface area contributed by atoms with Gasteiger partial charge >= 0.3 is 0 Å². The van der Waals surface area contributed by atoms with Crippen molar-refractivity contribution in [3.63, 3.8) is 0 Å². The molecule has 0 saturated carbocycles. The number of hydrogen-bond donors (Lipinski definition) is 2. The highest BCUT2D eigenvalue weighted by Crippen LogP contribution is 2.09. The second-order valence-electron chi connectivity index (χ2n) is 2.30. The van der Waals surface area contributed by atoms with Crippen LogP contribution in [0.25, 0.3) is 0 Å². The Balaban J connectivity index is 2.58. The summed E-state index contributed by atoms with van der Waals surface area (Å²) in [7, 11) is -2.71. The average Bonchev–Trinajstić information content (AvgIpc) is 2.10. The predicted molar refractivity (Wildman–Crippen MR) is 33.1 cm³/mol. The quantitative estimate of drug-likeness (QED) is 0.422. The molecule has 1 rings (SSSR count). The van der Waals surface area contributed by atoms with Crippen LogP contribution in [-0.4, -0.2) is 26.0 Å². The van der Waals surface area contributed by atoms with Crippen LogP contribution in [0.15, 0.2) is 0 Å². The van der Waals surface area contributed by atoms with E-state index in [0.29, 0.717) is 12.2 Å². The molecule has 1 heterocycles. The fourth-order valence-corrected chi connectivity index (χ4v) is 2.66. The maximum Gasteiger partial charge on any atom is 0.152 e. The summed E-state index contributed by atoms with van der Waals surface area (Å²) in [6, 6.07) is 0.0926. The molecule has 5 heteroatoms. The van der Waals surface area contributed by atoms with Crippen molar-refractivity contribution in [3.8, 4) is 0 Å². The Morgan fingerprint density at radius 1 is 1.56 bits per heavy atom. The third-order valence-electron chi connectivity index (χ3n) is 1.52. The van der Waals surface area contributed by atoms with Gasteiger partial charge in [-0.1, -0.05) is 0 Å². The zero-order valence-electron chi connectivity index (χ0n) is 5.13. The van der Waals surface area contributed by atoms with Crippen molar-refractivity contribution in [2.24, 2.45) is 0 Å². The number of hydrogen-bond acceptors (Lipinski definition) is 3. The van der Waals surface area contributed by atoms with Crippen LogP contribution in [0.3, 0.4) is 0 Å². The SMILES string of the molecule is [NH3+]NC1CCS(=O)(=O)C1. The molecule has 0 radical (unpaired) electrons. The first-order valence-corrected chi connectivity index (χ1v) is 4.69. The summed E-state index contributed by atoms with van der Waals surface area (Å²) in [6.07, 6.45) is 0.714. The summed E-state index contributed by atoms with van der Waals surface area (Å²) >= 11 is 0. The van der Waals surface area contributed by atoms with Crippen LogP contribution >= 0.6 is 0 Å². The van der Waals surface area contributed by atoms with E-state index in [1.807, 2.05) is 0 Å². The lowest BCUT2D eigenvalue weighted by Crippen LogP contribution is -2.68. The van der Waals surface area contributed by atoms with Crippen molar-refractivity contribution in [1.29, 1.82) is 0 Å². The fraction of sp³-hybridized carbons (Fsp3) is 1.00. The molecule has 1 atom stereocenters. The summed E-state index contributed by atoms with van der Waals surface area (Å²) in [6.45, 7) is 0. The van der Waals surface area contributed by atoms with Crippen LogP contribution in [0.1, 0.15) is 6.42 Å². The Kier molecular flexibility index (Phi) is 1.74. The van der Waals surface area contributed by atoms with Gasteiger partial charge in [0, 0.05) is 0 Å². The number of quaternary nitrogens is 1. The maximum absolute atomic E-state index is 10.7. The summed E-state index contributed by atoms with van der Waals surface area (Å²) < 4.78 is 21.5. The topological polar surface area (TPSA) is 73.8 Å². The smallest absolute Gasteiger partial charge is 0.152 e. The zero-order valence-corrected chi connectivity index (χ0v) is 5.95. The standard InChI is InChI=1S/C4H10N2O2S/c5-6-4-1-2-9(7,8)3-4/h4,6H,1-3,5H2/p+1. The van der Waals surface area contributed by atoms with Crippen LogP contribution in [0.5, 0.6) is 0 Å². The first kappa shape index (κ1) is 6.98. The predicted octanol–water partition coefficient (Wildman–Crippen LogP) is -2.08. The lowest BCUT2D eigenvalue weighted by atomic mass is 10.3. The first-order chi connectivity index (χ1) is 4.14. The second-order valence-corrected chi connectivity index (χ2v) is 4.53. The molecule has 0 amide bonds. The van der Waals surface area contributed by atoms with Gasteiger partial charge in [0.2, 0.25) is 0 Å². The van der Waals surface area contributed by atoms with E-state index in [4.69, 9.17) is 0 Å². The molecule has 0 aromatic carbocycles. The van der Waals surface area contributed by atoms with Gasteiger partial charge in [-0.05, 0) is 6.42 Å². The molecule has 1 fully saturated rings. The molecule has 0 aliphatic carbocycles. The summed E-state index contributed by atoms with van der Waals surface area (Å²) in [4.78, 5) is 0. The Morgan fingerprint density at radius 2 is 2.22 bits per heavy atom. The number of rotatable bonds is 1. The molecule has 0 aromatic heterocycles.